The van der Waals surface area contributed by atoms with Crippen molar-refractivity contribution in [3.05, 3.63) is 23.9 Å². The summed E-state index contributed by atoms with van der Waals surface area (Å²) >= 11 is 0. The molecule has 0 saturated carbocycles. The third-order valence-corrected chi connectivity index (χ3v) is 4.13. The van der Waals surface area contributed by atoms with Gasteiger partial charge in [-0.25, -0.2) is 4.98 Å². The maximum absolute atomic E-state index is 12.0. The van der Waals surface area contributed by atoms with Gasteiger partial charge in [-0.15, -0.1) is 24.0 Å². The molecule has 0 bridgehead atoms. The average molecular weight is 505 g/mol. The number of hydrogen-bond acceptors (Lipinski definition) is 4. The van der Waals surface area contributed by atoms with Crippen molar-refractivity contribution in [3.63, 3.8) is 0 Å². The molecule has 1 aromatic rings. The van der Waals surface area contributed by atoms with E-state index in [1.54, 1.807) is 12.3 Å². The number of nitrogens with zero attached hydrogens (tertiary/aromatic N) is 2. The summed E-state index contributed by atoms with van der Waals surface area (Å²) in [6, 6.07) is 3.69. The zero-order valence-corrected chi connectivity index (χ0v) is 19.9. The Morgan fingerprint density at radius 1 is 1.18 bits per heavy atom. The number of carbonyl (C=O) groups excluding carboxylic acids is 1. The zero-order chi connectivity index (χ0) is 20.1. The van der Waals surface area contributed by atoms with Crippen molar-refractivity contribution in [2.75, 3.05) is 25.0 Å². The number of pyridine rings is 1. The molecule has 1 aromatic heterocycles. The summed E-state index contributed by atoms with van der Waals surface area (Å²) in [6.45, 7) is 9.58. The number of aryl methyl sites for hydroxylation is 1. The van der Waals surface area contributed by atoms with Gasteiger partial charge in [0.15, 0.2) is 5.96 Å². The lowest BCUT2D eigenvalue weighted by Crippen LogP contribution is -2.41. The molecule has 0 unspecified atom stereocenters. The number of aliphatic imine (C=N–C) groups is 1. The fourth-order valence-corrected chi connectivity index (χ4v) is 2.82. The summed E-state index contributed by atoms with van der Waals surface area (Å²) in [6.07, 6.45) is 5.32. The van der Waals surface area contributed by atoms with Crippen molar-refractivity contribution < 1.29 is 9.90 Å². The first-order valence-corrected chi connectivity index (χ1v) is 9.89. The van der Waals surface area contributed by atoms with Gasteiger partial charge in [-0.2, -0.15) is 0 Å². The Morgan fingerprint density at radius 2 is 1.86 bits per heavy atom. The number of halogens is 1. The first-order chi connectivity index (χ1) is 12.9. The van der Waals surface area contributed by atoms with Crippen molar-refractivity contribution in [2.24, 2.45) is 4.99 Å². The molecule has 1 heterocycles. The molecule has 1 rings (SSSR count). The number of hydrogen-bond donors (Lipinski definition) is 4. The summed E-state index contributed by atoms with van der Waals surface area (Å²) in [4.78, 5) is 20.7. The van der Waals surface area contributed by atoms with E-state index in [9.17, 15) is 9.90 Å². The van der Waals surface area contributed by atoms with Gasteiger partial charge in [-0.05, 0) is 38.3 Å². The predicted octanol–water partition coefficient (Wildman–Crippen LogP) is 3.22. The topological polar surface area (TPSA) is 98.6 Å². The lowest BCUT2D eigenvalue weighted by atomic mass is 9.93. The first-order valence-electron chi connectivity index (χ1n) is 9.89. The molecule has 0 radical (unpaired) electrons. The van der Waals surface area contributed by atoms with Crippen LogP contribution in [0.4, 0.5) is 5.82 Å². The standard InChI is InChI=1S/C20H35N5O2.HI/c1-5-11-20(27,12-6-2)15-24-19(21-7-3)22-13-10-18(26)25-17-9-8-16(4)14-23-17;/h8-9,14,27H,5-7,10-13,15H2,1-4H3,(H2,21,22,24)(H,23,25,26);1H. The Kier molecular flexibility index (Phi) is 13.8. The van der Waals surface area contributed by atoms with E-state index in [-0.39, 0.29) is 29.9 Å². The zero-order valence-electron chi connectivity index (χ0n) is 17.5. The van der Waals surface area contributed by atoms with Crippen LogP contribution in [0.25, 0.3) is 0 Å². The Hall–Kier alpha value is -1.42. The molecular formula is C20H36IN5O2. The van der Waals surface area contributed by atoms with Crippen molar-refractivity contribution in [1.82, 2.24) is 15.6 Å². The summed E-state index contributed by atoms with van der Waals surface area (Å²) < 4.78 is 0. The number of aromatic nitrogens is 1. The van der Waals surface area contributed by atoms with Crippen LogP contribution < -0.4 is 16.0 Å². The minimum Gasteiger partial charge on any atom is -0.388 e. The molecule has 0 fully saturated rings. The molecule has 0 aliphatic rings. The largest absolute Gasteiger partial charge is 0.388 e. The van der Waals surface area contributed by atoms with Crippen LogP contribution in [0.1, 0.15) is 58.4 Å². The highest BCUT2D eigenvalue weighted by molar-refractivity contribution is 14.0. The number of aliphatic hydroxyl groups is 1. The van der Waals surface area contributed by atoms with Gasteiger partial charge in [0.25, 0.3) is 0 Å². The summed E-state index contributed by atoms with van der Waals surface area (Å²) in [5.41, 5.74) is 0.285. The van der Waals surface area contributed by atoms with Crippen LogP contribution in [0.5, 0.6) is 0 Å². The summed E-state index contributed by atoms with van der Waals surface area (Å²) in [5, 5.41) is 19.8. The first kappa shape index (κ1) is 26.6. The number of anilines is 1. The van der Waals surface area contributed by atoms with E-state index >= 15 is 0 Å². The van der Waals surface area contributed by atoms with Crippen LogP contribution in [-0.4, -0.2) is 47.2 Å². The maximum atomic E-state index is 12.0. The number of guanidine groups is 1. The van der Waals surface area contributed by atoms with Crippen molar-refractivity contribution in [3.8, 4) is 0 Å². The predicted molar refractivity (Wildman–Crippen MR) is 126 cm³/mol. The number of nitrogens with one attached hydrogen (secondary N) is 3. The van der Waals surface area contributed by atoms with Gasteiger partial charge in [-0.3, -0.25) is 9.79 Å². The van der Waals surface area contributed by atoms with Crippen molar-refractivity contribution in [2.45, 2.75) is 65.4 Å². The van der Waals surface area contributed by atoms with Gasteiger partial charge in [0.2, 0.25) is 5.91 Å². The molecule has 160 valence electrons. The molecule has 0 aliphatic carbocycles. The highest BCUT2D eigenvalue weighted by atomic mass is 127. The van der Waals surface area contributed by atoms with Crippen LogP contribution >= 0.6 is 24.0 Å². The Balaban J connectivity index is 0.00000729. The molecule has 7 nitrogen and oxygen atoms in total. The number of amides is 1. The van der Waals surface area contributed by atoms with Crippen molar-refractivity contribution in [1.29, 1.82) is 0 Å². The SMILES string of the molecule is CCCC(O)(CCC)CN=C(NCC)NCCC(=O)Nc1ccc(C)cn1.I. The highest BCUT2D eigenvalue weighted by Crippen LogP contribution is 2.19. The third kappa shape index (κ3) is 10.8. The van der Waals surface area contributed by atoms with Crippen LogP contribution in [-0.2, 0) is 4.79 Å². The van der Waals surface area contributed by atoms with Gasteiger partial charge in [0, 0.05) is 25.7 Å². The molecule has 0 atom stereocenters. The molecule has 4 N–H and O–H groups in total. The van der Waals surface area contributed by atoms with Crippen LogP contribution in [0.15, 0.2) is 23.3 Å². The highest BCUT2D eigenvalue weighted by Gasteiger charge is 2.24. The van der Waals surface area contributed by atoms with Crippen molar-refractivity contribution >= 4 is 41.7 Å². The number of carbonyl (C=O) groups is 1. The van der Waals surface area contributed by atoms with E-state index in [1.807, 2.05) is 19.9 Å². The van der Waals surface area contributed by atoms with E-state index in [0.717, 1.165) is 31.2 Å². The van der Waals surface area contributed by atoms with Gasteiger partial charge < -0.3 is 21.1 Å². The quantitative estimate of drug-likeness (QED) is 0.210. The smallest absolute Gasteiger partial charge is 0.227 e. The molecule has 1 amide bonds. The summed E-state index contributed by atoms with van der Waals surface area (Å²) in [7, 11) is 0. The van der Waals surface area contributed by atoms with E-state index in [2.05, 4.69) is 39.8 Å². The molecular weight excluding hydrogens is 469 g/mol. The maximum Gasteiger partial charge on any atom is 0.227 e. The van der Waals surface area contributed by atoms with Crippen LogP contribution in [0.3, 0.4) is 0 Å². The Bertz CT molecular complexity index is 587. The lowest BCUT2D eigenvalue weighted by Gasteiger charge is -2.26. The second kappa shape index (κ2) is 14.6. The third-order valence-electron chi connectivity index (χ3n) is 4.13. The van der Waals surface area contributed by atoms with E-state index in [4.69, 9.17) is 0 Å². The van der Waals surface area contributed by atoms with Gasteiger partial charge >= 0.3 is 0 Å². The van der Waals surface area contributed by atoms with Gasteiger partial charge in [0.1, 0.15) is 5.82 Å². The van der Waals surface area contributed by atoms with E-state index in [1.165, 1.54) is 0 Å². The summed E-state index contributed by atoms with van der Waals surface area (Å²) in [5.74, 6) is 1.06. The van der Waals surface area contributed by atoms with Crippen LogP contribution in [0.2, 0.25) is 0 Å². The molecule has 0 saturated heterocycles. The monoisotopic (exact) mass is 505 g/mol. The molecule has 0 spiro atoms. The fourth-order valence-electron chi connectivity index (χ4n) is 2.82. The average Bonchev–Trinajstić information content (AvgIpc) is 2.62. The minimum atomic E-state index is -0.764. The second-order valence-electron chi connectivity index (χ2n) is 6.87. The second-order valence-corrected chi connectivity index (χ2v) is 6.87. The number of rotatable bonds is 11. The Labute approximate surface area is 186 Å². The van der Waals surface area contributed by atoms with Gasteiger partial charge in [-0.1, -0.05) is 32.8 Å². The Morgan fingerprint density at radius 3 is 2.39 bits per heavy atom. The minimum absolute atomic E-state index is 0. The molecule has 8 heteroatoms. The van der Waals surface area contributed by atoms with Crippen LogP contribution in [0, 0.1) is 6.92 Å². The molecule has 0 aromatic carbocycles. The van der Waals surface area contributed by atoms with E-state index in [0.29, 0.717) is 37.8 Å². The van der Waals surface area contributed by atoms with E-state index < -0.39 is 5.60 Å². The molecule has 28 heavy (non-hydrogen) atoms. The normalized spacial score (nSPS) is 11.5. The fraction of sp³-hybridized carbons (Fsp3) is 0.650. The molecule has 0 aliphatic heterocycles. The lowest BCUT2D eigenvalue weighted by molar-refractivity contribution is -0.116. The van der Waals surface area contributed by atoms with Gasteiger partial charge in [0.05, 0.1) is 12.1 Å².